The van der Waals surface area contributed by atoms with Gasteiger partial charge < -0.3 is 26.8 Å². The summed E-state index contributed by atoms with van der Waals surface area (Å²) >= 11 is 0. The average molecular weight is 482 g/mol. The fourth-order valence-electron chi connectivity index (χ4n) is 3.28. The second-order valence-corrected chi connectivity index (χ2v) is 8.05. The Morgan fingerprint density at radius 1 is 1.06 bits per heavy atom. The molecular formula is C24H31N7O4. The predicted octanol–water partition coefficient (Wildman–Crippen LogP) is 2.54. The van der Waals surface area contributed by atoms with Crippen LogP contribution in [0.25, 0.3) is 0 Å². The number of carbonyl (C=O) groups is 3. The lowest BCUT2D eigenvalue weighted by molar-refractivity contribution is -0.142. The van der Waals surface area contributed by atoms with Gasteiger partial charge in [0.05, 0.1) is 5.69 Å². The van der Waals surface area contributed by atoms with E-state index in [0.717, 1.165) is 16.7 Å². The normalized spacial score (nSPS) is 12.5. The standard InChI is InChI=1S/C24H31N7O4/c1-15-10-11-16(2)17(13-15)14-20(29-24(35)31-30-18-7-4-3-5-8-18)21(32)28-19(22(33)34)9-6-12-27-23(25)26/h3-5,7-8,10-11,13,19-20H,6,9,12,14H2,1-2H3,(H,28,32)(H,29,35)(H,33,34)(H4,25,26,27)/t19-,20-/m0/s1. The average Bonchev–Trinajstić information content (AvgIpc) is 2.81. The van der Waals surface area contributed by atoms with Crippen molar-refractivity contribution in [1.29, 1.82) is 5.41 Å². The summed E-state index contributed by atoms with van der Waals surface area (Å²) in [5.41, 5.74) is 8.45. The molecule has 3 amide bonds. The highest BCUT2D eigenvalue weighted by Crippen LogP contribution is 2.14. The Morgan fingerprint density at radius 2 is 1.77 bits per heavy atom. The first-order chi connectivity index (χ1) is 16.7. The lowest BCUT2D eigenvalue weighted by atomic mass is 9.98. The molecule has 0 fully saturated rings. The van der Waals surface area contributed by atoms with E-state index in [0.29, 0.717) is 12.1 Å². The van der Waals surface area contributed by atoms with Gasteiger partial charge in [0, 0.05) is 13.0 Å². The summed E-state index contributed by atoms with van der Waals surface area (Å²) in [5, 5.41) is 31.8. The SMILES string of the molecule is Cc1ccc(C)c(C[C@H](NC(=O)N=Nc2ccccc2)C(=O)N[C@@H](CCCNC(=N)N)C(=O)O)c1. The summed E-state index contributed by atoms with van der Waals surface area (Å²) < 4.78 is 0. The molecule has 2 rings (SSSR count). The lowest BCUT2D eigenvalue weighted by Gasteiger charge is -2.21. The van der Waals surface area contributed by atoms with Crippen LogP contribution >= 0.6 is 0 Å². The number of nitrogens with one attached hydrogen (secondary N) is 4. The Balaban J connectivity index is 2.15. The number of hydrogen-bond acceptors (Lipinski definition) is 5. The Morgan fingerprint density at radius 3 is 2.43 bits per heavy atom. The maximum Gasteiger partial charge on any atom is 0.360 e. The van der Waals surface area contributed by atoms with Crippen LogP contribution < -0.4 is 21.7 Å². The molecule has 2 aromatic carbocycles. The maximum absolute atomic E-state index is 13.1. The molecule has 11 heteroatoms. The van der Waals surface area contributed by atoms with Crippen LogP contribution in [0.3, 0.4) is 0 Å². The van der Waals surface area contributed by atoms with Crippen LogP contribution in [-0.2, 0) is 16.0 Å². The van der Waals surface area contributed by atoms with Crippen LogP contribution in [-0.4, -0.2) is 47.6 Å². The minimum absolute atomic E-state index is 0.110. The summed E-state index contributed by atoms with van der Waals surface area (Å²) in [7, 11) is 0. The number of carboxylic acids is 1. The van der Waals surface area contributed by atoms with Gasteiger partial charge in [0.1, 0.15) is 12.1 Å². The molecule has 11 nitrogen and oxygen atoms in total. The van der Waals surface area contributed by atoms with Gasteiger partial charge in [-0.3, -0.25) is 10.2 Å². The van der Waals surface area contributed by atoms with Gasteiger partial charge >= 0.3 is 12.0 Å². The quantitative estimate of drug-likeness (QED) is 0.124. The van der Waals surface area contributed by atoms with Crippen molar-refractivity contribution in [1.82, 2.24) is 16.0 Å². The third-order valence-electron chi connectivity index (χ3n) is 5.15. The molecule has 0 aliphatic carbocycles. The molecule has 0 heterocycles. The number of carbonyl (C=O) groups excluding carboxylic acids is 2. The highest BCUT2D eigenvalue weighted by Gasteiger charge is 2.27. The number of urea groups is 1. The smallest absolute Gasteiger partial charge is 0.360 e. The number of rotatable bonds is 11. The molecule has 186 valence electrons. The van der Waals surface area contributed by atoms with E-state index in [1.807, 2.05) is 32.0 Å². The Labute approximate surface area is 203 Å². The monoisotopic (exact) mass is 481 g/mol. The Hall–Kier alpha value is -4.28. The molecule has 0 saturated carbocycles. The van der Waals surface area contributed by atoms with Crippen LogP contribution in [0.1, 0.15) is 29.5 Å². The molecule has 2 aromatic rings. The van der Waals surface area contributed by atoms with E-state index in [-0.39, 0.29) is 25.3 Å². The van der Waals surface area contributed by atoms with E-state index >= 15 is 0 Å². The van der Waals surface area contributed by atoms with Gasteiger partial charge in [0.15, 0.2) is 5.96 Å². The first-order valence-corrected chi connectivity index (χ1v) is 11.1. The first kappa shape index (κ1) is 27.0. The second kappa shape index (κ2) is 13.4. The third-order valence-corrected chi connectivity index (χ3v) is 5.15. The van der Waals surface area contributed by atoms with E-state index in [1.165, 1.54) is 0 Å². The summed E-state index contributed by atoms with van der Waals surface area (Å²) in [4.78, 5) is 37.2. The number of carboxylic acid groups (broad SMARTS) is 1. The number of aliphatic carboxylic acids is 1. The molecule has 0 spiro atoms. The number of azo groups is 1. The van der Waals surface area contributed by atoms with Crippen LogP contribution in [0.15, 0.2) is 58.8 Å². The van der Waals surface area contributed by atoms with Crippen LogP contribution in [0.5, 0.6) is 0 Å². The minimum atomic E-state index is -1.21. The molecule has 0 aliphatic heterocycles. The zero-order valence-corrected chi connectivity index (χ0v) is 19.7. The van der Waals surface area contributed by atoms with Crippen molar-refractivity contribution >= 4 is 29.6 Å². The Kier molecular flexibility index (Phi) is 10.3. The molecule has 0 aromatic heterocycles. The van der Waals surface area contributed by atoms with E-state index in [1.54, 1.807) is 30.3 Å². The Bertz CT molecular complexity index is 1070. The summed E-state index contributed by atoms with van der Waals surface area (Å²) in [5.74, 6) is -2.08. The van der Waals surface area contributed by atoms with Crippen molar-refractivity contribution in [3.8, 4) is 0 Å². The molecule has 0 aliphatic rings. The van der Waals surface area contributed by atoms with Crippen LogP contribution in [0.2, 0.25) is 0 Å². The van der Waals surface area contributed by atoms with E-state index in [2.05, 4.69) is 26.2 Å². The predicted molar refractivity (Wildman–Crippen MR) is 132 cm³/mol. The topological polar surface area (TPSA) is 182 Å². The lowest BCUT2D eigenvalue weighted by Crippen LogP contribution is -2.52. The van der Waals surface area contributed by atoms with Gasteiger partial charge in [-0.15, -0.1) is 5.11 Å². The van der Waals surface area contributed by atoms with Gasteiger partial charge in [0.25, 0.3) is 0 Å². The van der Waals surface area contributed by atoms with Gasteiger partial charge in [0.2, 0.25) is 5.91 Å². The summed E-state index contributed by atoms with van der Waals surface area (Å²) in [6.45, 7) is 4.10. The molecule has 7 N–H and O–H groups in total. The molecule has 2 atom stereocenters. The number of guanidine groups is 1. The highest BCUT2D eigenvalue weighted by atomic mass is 16.4. The molecule has 0 unspecified atom stereocenters. The zero-order chi connectivity index (χ0) is 25.8. The fourth-order valence-corrected chi connectivity index (χ4v) is 3.28. The van der Waals surface area contributed by atoms with Crippen LogP contribution in [0, 0.1) is 19.3 Å². The fraction of sp³-hybridized carbons (Fsp3) is 0.333. The zero-order valence-electron chi connectivity index (χ0n) is 19.7. The maximum atomic E-state index is 13.1. The summed E-state index contributed by atoms with van der Waals surface area (Å²) in [6.07, 6.45) is 0.611. The number of hydrogen-bond donors (Lipinski definition) is 6. The summed E-state index contributed by atoms with van der Waals surface area (Å²) in [6, 6.07) is 11.3. The molecule has 0 saturated heterocycles. The van der Waals surface area contributed by atoms with Gasteiger partial charge in [-0.2, -0.15) is 0 Å². The van der Waals surface area contributed by atoms with Gasteiger partial charge in [-0.25, -0.2) is 9.59 Å². The largest absolute Gasteiger partial charge is 0.480 e. The van der Waals surface area contributed by atoms with E-state index < -0.39 is 30.0 Å². The van der Waals surface area contributed by atoms with Gasteiger partial charge in [-0.1, -0.05) is 47.1 Å². The van der Waals surface area contributed by atoms with Crippen molar-refractivity contribution in [2.24, 2.45) is 16.0 Å². The molecule has 0 radical (unpaired) electrons. The van der Waals surface area contributed by atoms with Crippen molar-refractivity contribution in [3.63, 3.8) is 0 Å². The van der Waals surface area contributed by atoms with Crippen molar-refractivity contribution < 1.29 is 19.5 Å². The number of nitrogens with zero attached hydrogens (tertiary/aromatic N) is 2. The van der Waals surface area contributed by atoms with Crippen molar-refractivity contribution in [3.05, 3.63) is 65.2 Å². The van der Waals surface area contributed by atoms with E-state index in [9.17, 15) is 19.5 Å². The highest BCUT2D eigenvalue weighted by molar-refractivity contribution is 5.90. The van der Waals surface area contributed by atoms with E-state index in [4.69, 9.17) is 11.1 Å². The molecule has 0 bridgehead atoms. The van der Waals surface area contributed by atoms with Gasteiger partial charge in [-0.05, 0) is 49.9 Å². The minimum Gasteiger partial charge on any atom is -0.480 e. The second-order valence-electron chi connectivity index (χ2n) is 8.05. The van der Waals surface area contributed by atoms with Crippen molar-refractivity contribution in [2.45, 2.75) is 45.2 Å². The number of aryl methyl sites for hydroxylation is 2. The number of benzene rings is 2. The molecule has 35 heavy (non-hydrogen) atoms. The number of amides is 3. The molecular weight excluding hydrogens is 450 g/mol. The first-order valence-electron chi connectivity index (χ1n) is 11.1. The van der Waals surface area contributed by atoms with Crippen LogP contribution in [0.4, 0.5) is 10.5 Å². The van der Waals surface area contributed by atoms with Crippen molar-refractivity contribution in [2.75, 3.05) is 6.54 Å². The number of nitrogens with two attached hydrogens (primary N) is 1. The third kappa shape index (κ3) is 9.62.